The van der Waals surface area contributed by atoms with Crippen LogP contribution >= 0.6 is 11.3 Å². The van der Waals surface area contributed by atoms with Crippen molar-refractivity contribution in [3.8, 4) is 0 Å². The van der Waals surface area contributed by atoms with E-state index in [0.29, 0.717) is 19.4 Å². The molecule has 0 radical (unpaired) electrons. The summed E-state index contributed by atoms with van der Waals surface area (Å²) < 4.78 is 1.15. The average molecular weight is 264 g/mol. The van der Waals surface area contributed by atoms with Crippen molar-refractivity contribution in [3.63, 3.8) is 0 Å². The maximum absolute atomic E-state index is 11.5. The van der Waals surface area contributed by atoms with Crippen LogP contribution in [0.4, 0.5) is 0 Å². The van der Waals surface area contributed by atoms with Gasteiger partial charge in [0.25, 0.3) is 0 Å². The van der Waals surface area contributed by atoms with Crippen LogP contribution in [0.3, 0.4) is 0 Å². The topological polar surface area (TPSA) is 62.2 Å². The number of hydrogen-bond donors (Lipinski definition) is 2. The molecule has 1 atom stereocenters. The Labute approximate surface area is 110 Å². The molecule has 0 spiro atoms. The molecule has 2 rings (SSSR count). The van der Waals surface area contributed by atoms with Crippen molar-refractivity contribution in [1.29, 1.82) is 0 Å². The van der Waals surface area contributed by atoms with E-state index >= 15 is 0 Å². The van der Waals surface area contributed by atoms with E-state index in [1.54, 1.807) is 18.3 Å². The van der Waals surface area contributed by atoms with Crippen molar-refractivity contribution in [2.75, 3.05) is 6.54 Å². The first-order chi connectivity index (χ1) is 8.65. The highest BCUT2D eigenvalue weighted by Gasteiger charge is 2.07. The predicted molar refractivity (Wildman–Crippen MR) is 72.6 cm³/mol. The molecule has 4 nitrogen and oxygen atoms in total. The fourth-order valence-corrected chi connectivity index (χ4v) is 2.56. The van der Waals surface area contributed by atoms with Crippen LogP contribution in [0, 0.1) is 0 Å². The zero-order valence-corrected chi connectivity index (χ0v) is 11.0. The maximum Gasteiger partial charge on any atom is 0.220 e. The number of aliphatic hydroxyl groups is 1. The Morgan fingerprint density at radius 3 is 3.00 bits per heavy atom. The van der Waals surface area contributed by atoms with Crippen LogP contribution in [0.2, 0.25) is 0 Å². The van der Waals surface area contributed by atoms with Crippen LogP contribution in [-0.4, -0.2) is 28.6 Å². The number of carbonyl (C=O) groups excluding carboxylic acids is 1. The number of aryl methyl sites for hydroxylation is 1. The number of benzene rings is 1. The monoisotopic (exact) mass is 264 g/mol. The van der Waals surface area contributed by atoms with Gasteiger partial charge in [-0.1, -0.05) is 12.1 Å². The summed E-state index contributed by atoms with van der Waals surface area (Å²) in [6.07, 6.45) is 0.550. The van der Waals surface area contributed by atoms with Gasteiger partial charge >= 0.3 is 0 Å². The van der Waals surface area contributed by atoms with E-state index in [0.717, 1.165) is 15.2 Å². The molecule has 2 aromatic rings. The lowest BCUT2D eigenvalue weighted by atomic mass is 10.3. The molecule has 5 heteroatoms. The molecule has 1 heterocycles. The number of carbonyl (C=O) groups is 1. The number of fused-ring (bicyclic) bond motifs is 1. The van der Waals surface area contributed by atoms with E-state index in [-0.39, 0.29) is 5.91 Å². The predicted octanol–water partition coefficient (Wildman–Crippen LogP) is 1.73. The number of nitrogens with zero attached hydrogens (tertiary/aromatic N) is 1. The van der Waals surface area contributed by atoms with E-state index in [4.69, 9.17) is 5.11 Å². The first-order valence-electron chi connectivity index (χ1n) is 5.94. The molecule has 1 amide bonds. The Morgan fingerprint density at radius 2 is 2.28 bits per heavy atom. The molecular weight excluding hydrogens is 248 g/mol. The van der Waals surface area contributed by atoms with Gasteiger partial charge in [0.15, 0.2) is 0 Å². The van der Waals surface area contributed by atoms with Crippen molar-refractivity contribution in [3.05, 3.63) is 29.3 Å². The molecule has 0 saturated carbocycles. The van der Waals surface area contributed by atoms with Crippen molar-refractivity contribution >= 4 is 27.5 Å². The van der Waals surface area contributed by atoms with Crippen LogP contribution in [0.15, 0.2) is 24.3 Å². The molecular formula is C13H16N2O2S. The lowest BCUT2D eigenvalue weighted by molar-refractivity contribution is -0.121. The Bertz CT molecular complexity index is 504. The van der Waals surface area contributed by atoms with Gasteiger partial charge in [0, 0.05) is 19.4 Å². The molecule has 0 unspecified atom stereocenters. The van der Waals surface area contributed by atoms with E-state index in [9.17, 15) is 4.79 Å². The van der Waals surface area contributed by atoms with Crippen molar-refractivity contribution in [2.24, 2.45) is 0 Å². The first kappa shape index (κ1) is 13.0. The Hall–Kier alpha value is -1.46. The van der Waals surface area contributed by atoms with Gasteiger partial charge < -0.3 is 10.4 Å². The molecule has 1 aromatic heterocycles. The fraction of sp³-hybridized carbons (Fsp3) is 0.385. The number of thiazole rings is 1. The number of para-hydroxylation sites is 1. The third-order valence-corrected chi connectivity index (χ3v) is 3.59. The highest BCUT2D eigenvalue weighted by atomic mass is 32.1. The zero-order valence-electron chi connectivity index (χ0n) is 10.2. The minimum absolute atomic E-state index is 0.0462. The summed E-state index contributed by atoms with van der Waals surface area (Å²) in [5, 5.41) is 12.7. The molecule has 18 heavy (non-hydrogen) atoms. The second kappa shape index (κ2) is 5.93. The van der Waals surface area contributed by atoms with Crippen LogP contribution in [0.1, 0.15) is 18.4 Å². The molecule has 0 bridgehead atoms. The van der Waals surface area contributed by atoms with Gasteiger partial charge in [0.05, 0.1) is 21.3 Å². The quantitative estimate of drug-likeness (QED) is 0.864. The number of amides is 1. The Kier molecular flexibility index (Phi) is 4.28. The highest BCUT2D eigenvalue weighted by Crippen LogP contribution is 2.22. The first-order valence-corrected chi connectivity index (χ1v) is 6.76. The number of nitrogens with one attached hydrogen (secondary N) is 1. The second-order valence-electron chi connectivity index (χ2n) is 4.23. The van der Waals surface area contributed by atoms with Crippen molar-refractivity contribution in [2.45, 2.75) is 25.9 Å². The summed E-state index contributed by atoms with van der Waals surface area (Å²) in [5.41, 5.74) is 0.988. The molecule has 0 aliphatic rings. The summed E-state index contributed by atoms with van der Waals surface area (Å²) in [6, 6.07) is 7.95. The van der Waals surface area contributed by atoms with Crippen molar-refractivity contribution in [1.82, 2.24) is 10.3 Å². The van der Waals surface area contributed by atoms with Gasteiger partial charge in [-0.2, -0.15) is 0 Å². The van der Waals surface area contributed by atoms with Gasteiger partial charge in [-0.25, -0.2) is 4.98 Å². The minimum Gasteiger partial charge on any atom is -0.392 e. The van der Waals surface area contributed by atoms with Gasteiger partial charge in [-0.3, -0.25) is 4.79 Å². The molecule has 0 fully saturated rings. The molecule has 0 saturated heterocycles. The summed E-state index contributed by atoms with van der Waals surface area (Å²) in [7, 11) is 0. The molecule has 0 aliphatic carbocycles. The van der Waals surface area contributed by atoms with E-state index in [1.807, 2.05) is 24.3 Å². The largest absolute Gasteiger partial charge is 0.392 e. The fourth-order valence-electron chi connectivity index (χ4n) is 1.60. The highest BCUT2D eigenvalue weighted by molar-refractivity contribution is 7.18. The number of aliphatic hydroxyl groups excluding tert-OH is 1. The summed E-state index contributed by atoms with van der Waals surface area (Å²) in [6.45, 7) is 1.95. The van der Waals surface area contributed by atoms with Gasteiger partial charge in [-0.05, 0) is 19.1 Å². The second-order valence-corrected chi connectivity index (χ2v) is 5.34. The third kappa shape index (κ3) is 3.51. The van der Waals surface area contributed by atoms with Crippen LogP contribution in [-0.2, 0) is 11.2 Å². The van der Waals surface area contributed by atoms with Gasteiger partial charge in [0.2, 0.25) is 5.91 Å². The lowest BCUT2D eigenvalue weighted by Crippen LogP contribution is -2.30. The number of hydrogen-bond acceptors (Lipinski definition) is 4. The Balaban J connectivity index is 1.88. The SMILES string of the molecule is C[C@@H](O)CNC(=O)CCc1nc2ccccc2s1. The van der Waals surface area contributed by atoms with E-state index in [2.05, 4.69) is 10.3 Å². The maximum atomic E-state index is 11.5. The average Bonchev–Trinajstić information content (AvgIpc) is 2.76. The van der Waals surface area contributed by atoms with Gasteiger partial charge in [0.1, 0.15) is 0 Å². The number of aromatic nitrogens is 1. The molecule has 96 valence electrons. The normalized spacial score (nSPS) is 12.6. The molecule has 0 aliphatic heterocycles. The minimum atomic E-state index is -0.503. The number of rotatable bonds is 5. The summed E-state index contributed by atoms with van der Waals surface area (Å²) in [5.74, 6) is -0.0462. The Morgan fingerprint density at radius 1 is 1.50 bits per heavy atom. The van der Waals surface area contributed by atoms with Crippen LogP contribution in [0.25, 0.3) is 10.2 Å². The molecule has 2 N–H and O–H groups in total. The standard InChI is InChI=1S/C13H16N2O2S/c1-9(16)8-14-12(17)6-7-13-15-10-4-2-3-5-11(10)18-13/h2-5,9,16H,6-8H2,1H3,(H,14,17)/t9-/m1/s1. The summed E-state index contributed by atoms with van der Waals surface area (Å²) >= 11 is 1.62. The smallest absolute Gasteiger partial charge is 0.220 e. The van der Waals surface area contributed by atoms with Crippen LogP contribution in [0.5, 0.6) is 0 Å². The molecule has 1 aromatic carbocycles. The van der Waals surface area contributed by atoms with E-state index < -0.39 is 6.10 Å². The summed E-state index contributed by atoms with van der Waals surface area (Å²) in [4.78, 5) is 16.0. The van der Waals surface area contributed by atoms with E-state index in [1.165, 1.54) is 0 Å². The third-order valence-electron chi connectivity index (χ3n) is 2.50. The lowest BCUT2D eigenvalue weighted by Gasteiger charge is -2.05. The van der Waals surface area contributed by atoms with Crippen molar-refractivity contribution < 1.29 is 9.90 Å². The van der Waals surface area contributed by atoms with Crippen LogP contribution < -0.4 is 5.32 Å². The zero-order chi connectivity index (χ0) is 13.0. The van der Waals surface area contributed by atoms with Gasteiger partial charge in [-0.15, -0.1) is 11.3 Å².